The Morgan fingerprint density at radius 1 is 0.760 bits per heavy atom. The van der Waals surface area contributed by atoms with Gasteiger partial charge in [0.2, 0.25) is 0 Å². The van der Waals surface area contributed by atoms with Crippen LogP contribution in [0, 0.1) is 0 Å². The van der Waals surface area contributed by atoms with E-state index in [1.165, 1.54) is 31.5 Å². The molecule has 0 spiro atoms. The molecule has 4 rings (SSSR count). The fraction of sp³-hybridized carbons (Fsp3) is 0.409. The Hall–Kier alpha value is -2.13. The number of nitrogens with zero attached hydrogens (tertiary/aromatic N) is 2. The third-order valence-electron chi connectivity index (χ3n) is 5.65. The van der Waals surface area contributed by atoms with E-state index < -0.39 is 0 Å². The van der Waals surface area contributed by atoms with E-state index in [1.54, 1.807) is 0 Å². The molecule has 2 fully saturated rings. The number of benzene rings is 2. The molecule has 2 aromatic carbocycles. The van der Waals surface area contributed by atoms with Crippen LogP contribution in [-0.4, -0.2) is 47.9 Å². The van der Waals surface area contributed by atoms with Crippen molar-refractivity contribution >= 4 is 5.91 Å². The second-order valence-corrected chi connectivity index (χ2v) is 7.21. The third-order valence-corrected chi connectivity index (χ3v) is 5.65. The van der Waals surface area contributed by atoms with Crippen molar-refractivity contribution in [2.75, 3.05) is 26.2 Å². The second-order valence-electron chi connectivity index (χ2n) is 7.21. The highest BCUT2D eigenvalue weighted by Crippen LogP contribution is 2.23. The van der Waals surface area contributed by atoms with E-state index in [9.17, 15) is 4.79 Å². The number of carbonyl (C=O) groups excluding carboxylic acids is 1. The Bertz CT molecular complexity index is 697. The largest absolute Gasteiger partial charge is 0.339 e. The fourth-order valence-electron chi connectivity index (χ4n) is 4.16. The van der Waals surface area contributed by atoms with Gasteiger partial charge < -0.3 is 9.80 Å². The van der Waals surface area contributed by atoms with Gasteiger partial charge in [-0.1, -0.05) is 42.5 Å². The van der Waals surface area contributed by atoms with Crippen molar-refractivity contribution in [1.29, 1.82) is 0 Å². The summed E-state index contributed by atoms with van der Waals surface area (Å²) in [5.41, 5.74) is 3.15. The van der Waals surface area contributed by atoms with Crippen LogP contribution in [0.25, 0.3) is 11.1 Å². The quantitative estimate of drug-likeness (QED) is 0.845. The Labute approximate surface area is 150 Å². The lowest BCUT2D eigenvalue weighted by Crippen LogP contribution is -2.45. The molecule has 2 aliphatic rings. The van der Waals surface area contributed by atoms with Crippen LogP contribution in [0.2, 0.25) is 0 Å². The van der Waals surface area contributed by atoms with Crippen LogP contribution < -0.4 is 0 Å². The number of hydrogen-bond donors (Lipinski definition) is 0. The lowest BCUT2D eigenvalue weighted by Gasteiger charge is -2.36. The molecule has 3 nitrogen and oxygen atoms in total. The molecule has 0 aliphatic carbocycles. The minimum atomic E-state index is 0.180. The van der Waals surface area contributed by atoms with Crippen molar-refractivity contribution in [3.63, 3.8) is 0 Å². The first kappa shape index (κ1) is 16.3. The molecule has 130 valence electrons. The number of carbonyl (C=O) groups is 1. The molecule has 25 heavy (non-hydrogen) atoms. The highest BCUT2D eigenvalue weighted by Gasteiger charge is 2.28. The Kier molecular flexibility index (Phi) is 4.84. The van der Waals surface area contributed by atoms with Gasteiger partial charge in [0.25, 0.3) is 5.91 Å². The minimum absolute atomic E-state index is 0.180. The van der Waals surface area contributed by atoms with Crippen LogP contribution in [-0.2, 0) is 0 Å². The average molecular weight is 334 g/mol. The molecule has 0 radical (unpaired) electrons. The molecule has 0 saturated carbocycles. The van der Waals surface area contributed by atoms with Gasteiger partial charge >= 0.3 is 0 Å². The van der Waals surface area contributed by atoms with Crippen molar-refractivity contribution in [2.24, 2.45) is 0 Å². The summed E-state index contributed by atoms with van der Waals surface area (Å²) in [5, 5.41) is 0. The standard InChI is InChI=1S/C22H26N2O/c25-22(24-16-12-21(13-17-24)23-14-4-5-15-23)20-10-8-19(9-11-20)18-6-2-1-3-7-18/h1-3,6-11,21H,4-5,12-17H2. The Balaban J connectivity index is 1.38. The summed E-state index contributed by atoms with van der Waals surface area (Å²) in [4.78, 5) is 17.4. The molecule has 1 amide bonds. The topological polar surface area (TPSA) is 23.6 Å². The molecule has 0 aromatic heterocycles. The summed E-state index contributed by atoms with van der Waals surface area (Å²) in [7, 11) is 0. The van der Waals surface area contributed by atoms with Crippen molar-refractivity contribution in [3.05, 3.63) is 60.2 Å². The number of hydrogen-bond acceptors (Lipinski definition) is 2. The summed E-state index contributed by atoms with van der Waals surface area (Å²) in [6, 6.07) is 19.0. The smallest absolute Gasteiger partial charge is 0.253 e. The molecular weight excluding hydrogens is 308 g/mol. The second kappa shape index (κ2) is 7.40. The van der Waals surface area contributed by atoms with Crippen LogP contribution in [0.3, 0.4) is 0 Å². The number of amides is 1. The molecule has 0 N–H and O–H groups in total. The van der Waals surface area contributed by atoms with E-state index in [2.05, 4.69) is 29.2 Å². The first-order chi connectivity index (χ1) is 12.3. The summed E-state index contributed by atoms with van der Waals surface area (Å²) >= 11 is 0. The fourth-order valence-corrected chi connectivity index (χ4v) is 4.16. The molecule has 0 bridgehead atoms. The van der Waals surface area contributed by atoms with E-state index in [0.717, 1.165) is 37.1 Å². The normalized spacial score (nSPS) is 19.3. The van der Waals surface area contributed by atoms with Gasteiger partial charge in [0.1, 0.15) is 0 Å². The molecule has 0 atom stereocenters. The molecule has 2 aliphatic heterocycles. The summed E-state index contributed by atoms with van der Waals surface area (Å²) in [6.45, 7) is 4.28. The van der Waals surface area contributed by atoms with Gasteiger partial charge in [0.15, 0.2) is 0 Å². The van der Waals surface area contributed by atoms with Crippen molar-refractivity contribution < 1.29 is 4.79 Å². The van der Waals surface area contributed by atoms with E-state index >= 15 is 0 Å². The molecule has 2 aromatic rings. The summed E-state index contributed by atoms with van der Waals surface area (Å²) in [6.07, 6.45) is 4.92. The minimum Gasteiger partial charge on any atom is -0.339 e. The Morgan fingerprint density at radius 3 is 2.00 bits per heavy atom. The number of piperidine rings is 1. The van der Waals surface area contributed by atoms with E-state index in [4.69, 9.17) is 0 Å². The Morgan fingerprint density at radius 2 is 1.36 bits per heavy atom. The van der Waals surface area contributed by atoms with Crippen LogP contribution in [0.1, 0.15) is 36.0 Å². The zero-order valence-electron chi connectivity index (χ0n) is 14.7. The maximum absolute atomic E-state index is 12.8. The van der Waals surface area contributed by atoms with E-state index in [0.29, 0.717) is 6.04 Å². The van der Waals surface area contributed by atoms with Crippen LogP contribution in [0.5, 0.6) is 0 Å². The van der Waals surface area contributed by atoms with E-state index in [1.807, 2.05) is 35.2 Å². The molecule has 2 heterocycles. The first-order valence-electron chi connectivity index (χ1n) is 9.50. The lowest BCUT2D eigenvalue weighted by atomic mass is 10.0. The zero-order valence-corrected chi connectivity index (χ0v) is 14.7. The monoisotopic (exact) mass is 334 g/mol. The maximum Gasteiger partial charge on any atom is 0.253 e. The van der Waals surface area contributed by atoms with Crippen molar-refractivity contribution in [2.45, 2.75) is 31.7 Å². The van der Waals surface area contributed by atoms with E-state index in [-0.39, 0.29) is 5.91 Å². The van der Waals surface area contributed by atoms with Crippen LogP contribution in [0.15, 0.2) is 54.6 Å². The van der Waals surface area contributed by atoms with Crippen LogP contribution in [0.4, 0.5) is 0 Å². The van der Waals surface area contributed by atoms with Crippen molar-refractivity contribution in [1.82, 2.24) is 9.80 Å². The number of rotatable bonds is 3. The summed E-state index contributed by atoms with van der Waals surface area (Å²) in [5.74, 6) is 0.180. The predicted molar refractivity (Wildman–Crippen MR) is 102 cm³/mol. The third kappa shape index (κ3) is 3.62. The van der Waals surface area contributed by atoms with Crippen LogP contribution >= 0.6 is 0 Å². The molecule has 2 saturated heterocycles. The van der Waals surface area contributed by atoms with Gasteiger partial charge in [-0.3, -0.25) is 4.79 Å². The van der Waals surface area contributed by atoms with Gasteiger partial charge in [-0.25, -0.2) is 0 Å². The van der Waals surface area contributed by atoms with Gasteiger partial charge in [-0.2, -0.15) is 0 Å². The molecule has 0 unspecified atom stereocenters. The average Bonchev–Trinajstić information content (AvgIpc) is 3.23. The maximum atomic E-state index is 12.8. The summed E-state index contributed by atoms with van der Waals surface area (Å²) < 4.78 is 0. The SMILES string of the molecule is O=C(c1ccc(-c2ccccc2)cc1)N1CCC(N2CCCC2)CC1. The predicted octanol–water partition coefficient (Wildman–Crippen LogP) is 4.05. The number of likely N-dealkylation sites (tertiary alicyclic amines) is 2. The van der Waals surface area contributed by atoms with Gasteiger partial charge in [0.05, 0.1) is 0 Å². The molecule has 3 heteroatoms. The highest BCUT2D eigenvalue weighted by atomic mass is 16.2. The first-order valence-corrected chi connectivity index (χ1v) is 9.50. The van der Waals surface area contributed by atoms with Crippen molar-refractivity contribution in [3.8, 4) is 11.1 Å². The van der Waals surface area contributed by atoms with Gasteiger partial charge in [-0.15, -0.1) is 0 Å². The lowest BCUT2D eigenvalue weighted by molar-refractivity contribution is 0.0644. The zero-order chi connectivity index (χ0) is 17.1. The van der Waals surface area contributed by atoms with Gasteiger partial charge in [0, 0.05) is 24.7 Å². The highest BCUT2D eigenvalue weighted by molar-refractivity contribution is 5.94. The van der Waals surface area contributed by atoms with Gasteiger partial charge in [-0.05, 0) is 62.0 Å². The molecular formula is C22H26N2O.